The molecule has 0 saturated carbocycles. The molecule has 1 rings (SSSR count). The van der Waals surface area contributed by atoms with Gasteiger partial charge in [0.25, 0.3) is 0 Å². The van der Waals surface area contributed by atoms with E-state index in [0.29, 0.717) is 12.1 Å². The second-order valence-electron chi connectivity index (χ2n) is 4.42. The monoisotopic (exact) mass is 273 g/mol. The summed E-state index contributed by atoms with van der Waals surface area (Å²) in [5, 5.41) is 0. The SMILES string of the molecule is CCCCC1(S(=O)(=O)NC(N)=O)C=CC=C(N)C1. The highest BCUT2D eigenvalue weighted by molar-refractivity contribution is 7.91. The summed E-state index contributed by atoms with van der Waals surface area (Å²) in [6.45, 7) is 1.97. The zero-order chi connectivity index (χ0) is 13.8. The van der Waals surface area contributed by atoms with E-state index in [1.807, 2.05) is 11.6 Å². The first-order valence-corrected chi connectivity index (χ1v) is 7.27. The van der Waals surface area contributed by atoms with Gasteiger partial charge in [-0.05, 0) is 12.5 Å². The number of nitrogens with one attached hydrogen (secondary N) is 1. The Labute approximate surface area is 107 Å². The summed E-state index contributed by atoms with van der Waals surface area (Å²) < 4.78 is 25.1. The van der Waals surface area contributed by atoms with Crippen molar-refractivity contribution in [3.8, 4) is 0 Å². The number of rotatable bonds is 5. The van der Waals surface area contributed by atoms with Crippen LogP contribution in [0.25, 0.3) is 0 Å². The number of nitrogens with two attached hydrogens (primary N) is 2. The van der Waals surface area contributed by atoms with Crippen molar-refractivity contribution in [3.05, 3.63) is 23.9 Å². The van der Waals surface area contributed by atoms with Crippen LogP contribution in [0.5, 0.6) is 0 Å². The van der Waals surface area contributed by atoms with E-state index in [4.69, 9.17) is 11.5 Å². The Morgan fingerprint density at radius 1 is 1.56 bits per heavy atom. The number of urea groups is 1. The van der Waals surface area contributed by atoms with Crippen molar-refractivity contribution >= 4 is 16.1 Å². The fourth-order valence-corrected chi connectivity index (χ4v) is 3.51. The Kier molecular flexibility index (Phi) is 4.39. The van der Waals surface area contributed by atoms with Crippen LogP contribution in [0.2, 0.25) is 0 Å². The Hall–Kier alpha value is -1.50. The number of amides is 2. The molecule has 1 aliphatic carbocycles. The second-order valence-corrected chi connectivity index (χ2v) is 6.44. The first-order chi connectivity index (χ1) is 8.33. The van der Waals surface area contributed by atoms with Gasteiger partial charge in [0.1, 0.15) is 4.75 Å². The zero-order valence-electron chi connectivity index (χ0n) is 10.3. The van der Waals surface area contributed by atoms with Crippen LogP contribution in [0, 0.1) is 0 Å². The Bertz CT molecular complexity index is 482. The first kappa shape index (κ1) is 14.6. The molecule has 0 saturated heterocycles. The van der Waals surface area contributed by atoms with Crippen molar-refractivity contribution in [2.75, 3.05) is 0 Å². The molecule has 1 atom stereocenters. The summed E-state index contributed by atoms with van der Waals surface area (Å²) in [4.78, 5) is 10.8. The number of carbonyl (C=O) groups excluding carboxylic acids is 1. The van der Waals surface area contributed by atoms with E-state index in [1.165, 1.54) is 0 Å². The molecule has 0 fully saturated rings. The molecule has 0 aromatic carbocycles. The van der Waals surface area contributed by atoms with Crippen molar-refractivity contribution in [2.45, 2.75) is 37.4 Å². The fourth-order valence-electron chi connectivity index (χ4n) is 2.01. The zero-order valence-corrected chi connectivity index (χ0v) is 11.2. The molecule has 6 nitrogen and oxygen atoms in total. The molecule has 0 aromatic heterocycles. The lowest BCUT2D eigenvalue weighted by Crippen LogP contribution is -2.50. The normalized spacial score (nSPS) is 23.5. The predicted octanol–water partition coefficient (Wildman–Crippen LogP) is 0.716. The molecule has 0 aliphatic heterocycles. The molecular formula is C11H19N3O3S. The number of unbranched alkanes of at least 4 members (excludes halogenated alkanes) is 1. The molecule has 102 valence electrons. The van der Waals surface area contributed by atoms with Crippen LogP contribution in [0.1, 0.15) is 32.6 Å². The van der Waals surface area contributed by atoms with Crippen LogP contribution in [0.15, 0.2) is 23.9 Å². The Balaban J connectivity index is 3.10. The number of hydrogen-bond acceptors (Lipinski definition) is 4. The average molecular weight is 273 g/mol. The van der Waals surface area contributed by atoms with Crippen LogP contribution < -0.4 is 16.2 Å². The minimum atomic E-state index is -3.88. The third kappa shape index (κ3) is 3.04. The van der Waals surface area contributed by atoms with Gasteiger partial charge in [0.05, 0.1) is 0 Å². The summed E-state index contributed by atoms with van der Waals surface area (Å²) in [5.41, 5.74) is 11.1. The van der Waals surface area contributed by atoms with E-state index in [2.05, 4.69) is 0 Å². The maximum Gasteiger partial charge on any atom is 0.325 e. The first-order valence-electron chi connectivity index (χ1n) is 5.78. The van der Waals surface area contributed by atoms with Crippen molar-refractivity contribution in [3.63, 3.8) is 0 Å². The molecule has 18 heavy (non-hydrogen) atoms. The second kappa shape index (κ2) is 5.43. The predicted molar refractivity (Wildman–Crippen MR) is 69.9 cm³/mol. The Morgan fingerprint density at radius 3 is 2.72 bits per heavy atom. The summed E-state index contributed by atoms with van der Waals surface area (Å²) in [5.74, 6) is 0. The van der Waals surface area contributed by atoms with Gasteiger partial charge in [-0.25, -0.2) is 17.9 Å². The number of allylic oxidation sites excluding steroid dienone is 3. The molecule has 7 heteroatoms. The van der Waals surface area contributed by atoms with Crippen LogP contribution >= 0.6 is 0 Å². The highest BCUT2D eigenvalue weighted by Gasteiger charge is 2.43. The van der Waals surface area contributed by atoms with Crippen LogP contribution in [0.3, 0.4) is 0 Å². The van der Waals surface area contributed by atoms with Crippen molar-refractivity contribution in [1.29, 1.82) is 0 Å². The molecular weight excluding hydrogens is 254 g/mol. The van der Waals surface area contributed by atoms with Gasteiger partial charge in [-0.3, -0.25) is 0 Å². The number of hydrogen-bond donors (Lipinski definition) is 3. The number of carbonyl (C=O) groups is 1. The van der Waals surface area contributed by atoms with Gasteiger partial charge in [0.15, 0.2) is 0 Å². The average Bonchev–Trinajstić information content (AvgIpc) is 2.24. The molecule has 0 spiro atoms. The quantitative estimate of drug-likeness (QED) is 0.684. The van der Waals surface area contributed by atoms with E-state index in [1.54, 1.807) is 18.2 Å². The molecule has 0 heterocycles. The highest BCUT2D eigenvalue weighted by atomic mass is 32.2. The Morgan fingerprint density at radius 2 is 2.22 bits per heavy atom. The molecule has 0 aromatic rings. The van der Waals surface area contributed by atoms with Crippen molar-refractivity contribution in [2.24, 2.45) is 11.5 Å². The van der Waals surface area contributed by atoms with E-state index >= 15 is 0 Å². The van der Waals surface area contributed by atoms with E-state index in [0.717, 1.165) is 12.8 Å². The van der Waals surface area contributed by atoms with Gasteiger partial charge in [0.2, 0.25) is 10.0 Å². The molecule has 5 N–H and O–H groups in total. The summed E-state index contributed by atoms with van der Waals surface area (Å²) >= 11 is 0. The van der Waals surface area contributed by atoms with Crippen molar-refractivity contribution in [1.82, 2.24) is 4.72 Å². The minimum absolute atomic E-state index is 0.173. The molecule has 2 amide bonds. The topological polar surface area (TPSA) is 115 Å². The fraction of sp³-hybridized carbons (Fsp3) is 0.545. The van der Waals surface area contributed by atoms with Crippen molar-refractivity contribution < 1.29 is 13.2 Å². The summed E-state index contributed by atoms with van der Waals surface area (Å²) in [6.07, 6.45) is 6.98. The molecule has 0 radical (unpaired) electrons. The van der Waals surface area contributed by atoms with Gasteiger partial charge < -0.3 is 11.5 Å². The maximum atomic E-state index is 12.2. The van der Waals surface area contributed by atoms with E-state index in [-0.39, 0.29) is 6.42 Å². The van der Waals surface area contributed by atoms with Gasteiger partial charge in [-0.1, -0.05) is 31.9 Å². The highest BCUT2D eigenvalue weighted by Crippen LogP contribution is 2.33. The summed E-state index contributed by atoms with van der Waals surface area (Å²) in [7, 11) is -3.88. The lowest BCUT2D eigenvalue weighted by atomic mass is 9.92. The molecule has 0 bridgehead atoms. The number of sulfonamides is 1. The minimum Gasteiger partial charge on any atom is -0.402 e. The molecule has 1 aliphatic rings. The van der Waals surface area contributed by atoms with Gasteiger partial charge >= 0.3 is 6.03 Å². The van der Waals surface area contributed by atoms with E-state index < -0.39 is 20.8 Å². The maximum absolute atomic E-state index is 12.2. The molecule has 1 unspecified atom stereocenters. The van der Waals surface area contributed by atoms with Gasteiger partial charge in [-0.2, -0.15) is 0 Å². The van der Waals surface area contributed by atoms with Crippen LogP contribution in [0.4, 0.5) is 4.79 Å². The lowest BCUT2D eigenvalue weighted by Gasteiger charge is -2.32. The standard InChI is InChI=1S/C11H19N3O3S/c1-2-3-6-11(7-4-5-9(12)8-11)18(16,17)14-10(13)15/h4-5,7H,2-3,6,8,12H2,1H3,(H3,13,14,15). The summed E-state index contributed by atoms with van der Waals surface area (Å²) in [6, 6.07) is -1.08. The number of primary amides is 1. The largest absolute Gasteiger partial charge is 0.402 e. The van der Waals surface area contributed by atoms with Gasteiger partial charge in [-0.15, -0.1) is 0 Å². The van der Waals surface area contributed by atoms with Crippen LogP contribution in [-0.4, -0.2) is 19.2 Å². The van der Waals surface area contributed by atoms with Crippen LogP contribution in [-0.2, 0) is 10.0 Å². The lowest BCUT2D eigenvalue weighted by molar-refractivity contribution is 0.253. The smallest absolute Gasteiger partial charge is 0.325 e. The third-order valence-electron chi connectivity index (χ3n) is 2.94. The third-order valence-corrected chi connectivity index (χ3v) is 4.96. The van der Waals surface area contributed by atoms with Gasteiger partial charge in [0, 0.05) is 12.1 Å². The van der Waals surface area contributed by atoms with E-state index in [9.17, 15) is 13.2 Å².